The fourth-order valence-electron chi connectivity index (χ4n) is 2.34. The Hall–Kier alpha value is -2.78. The molecular weight excluding hydrogens is 384 g/mol. The molecule has 3 aromatic rings. The fraction of sp³-hybridized carbons (Fsp3) is 0.222. The molecule has 0 radical (unpaired) electrons. The summed E-state index contributed by atoms with van der Waals surface area (Å²) >= 11 is 2.88. The number of hydrogen-bond donors (Lipinski definition) is 2. The molecular formula is C18H18N4O3S2. The minimum atomic E-state index is -0.265. The van der Waals surface area contributed by atoms with E-state index in [1.807, 2.05) is 36.6 Å². The number of hydrogen-bond acceptors (Lipinski definition) is 8. The van der Waals surface area contributed by atoms with E-state index in [1.54, 1.807) is 0 Å². The zero-order chi connectivity index (χ0) is 19.4. The second-order valence-corrected chi connectivity index (χ2v) is 7.58. The first-order chi connectivity index (χ1) is 12.9. The molecule has 140 valence electrons. The second kappa shape index (κ2) is 8.28. The van der Waals surface area contributed by atoms with Crippen molar-refractivity contribution in [2.24, 2.45) is 0 Å². The molecule has 3 rings (SSSR count). The van der Waals surface area contributed by atoms with Crippen molar-refractivity contribution in [3.05, 3.63) is 40.9 Å². The molecule has 0 aliphatic rings. The number of ether oxygens (including phenoxy) is 1. The Morgan fingerprint density at radius 2 is 1.89 bits per heavy atom. The second-order valence-electron chi connectivity index (χ2n) is 5.73. The van der Waals surface area contributed by atoms with E-state index in [0.717, 1.165) is 32.6 Å². The lowest BCUT2D eigenvalue weighted by atomic mass is 10.1. The van der Waals surface area contributed by atoms with Crippen molar-refractivity contribution in [3.63, 3.8) is 0 Å². The van der Waals surface area contributed by atoms with Crippen LogP contribution in [0, 0.1) is 6.92 Å². The molecule has 0 fully saturated rings. The summed E-state index contributed by atoms with van der Waals surface area (Å²) in [7, 11) is 1.38. The van der Waals surface area contributed by atoms with Crippen LogP contribution in [0.25, 0.3) is 10.6 Å². The molecule has 2 aromatic heterocycles. The van der Waals surface area contributed by atoms with Crippen LogP contribution in [0.15, 0.2) is 29.6 Å². The van der Waals surface area contributed by atoms with Crippen molar-refractivity contribution < 1.29 is 14.3 Å². The average Bonchev–Trinajstić information content (AvgIpc) is 3.22. The number of anilines is 3. The number of esters is 1. The third-order valence-corrected chi connectivity index (χ3v) is 5.45. The van der Waals surface area contributed by atoms with Gasteiger partial charge in [0.1, 0.15) is 0 Å². The van der Waals surface area contributed by atoms with E-state index < -0.39 is 0 Å². The van der Waals surface area contributed by atoms with Gasteiger partial charge in [0.15, 0.2) is 10.3 Å². The first-order valence-electron chi connectivity index (χ1n) is 8.08. The molecule has 2 N–H and O–H groups in total. The van der Waals surface area contributed by atoms with E-state index >= 15 is 0 Å². The number of carbonyl (C=O) groups is 2. The predicted molar refractivity (Wildman–Crippen MR) is 108 cm³/mol. The summed E-state index contributed by atoms with van der Waals surface area (Å²) in [6.45, 7) is 3.35. The number of benzene rings is 1. The highest BCUT2D eigenvalue weighted by molar-refractivity contribution is 7.20. The molecule has 0 atom stereocenters. The molecule has 0 aliphatic carbocycles. The third-order valence-electron chi connectivity index (χ3n) is 3.60. The number of rotatable bonds is 6. The molecule has 0 saturated carbocycles. The average molecular weight is 403 g/mol. The Kier molecular flexibility index (Phi) is 5.82. The minimum Gasteiger partial charge on any atom is -0.469 e. The highest BCUT2D eigenvalue weighted by atomic mass is 32.1. The number of carbonyl (C=O) groups excluding carboxylic acids is 2. The Labute approximate surface area is 164 Å². The zero-order valence-corrected chi connectivity index (χ0v) is 16.7. The smallest absolute Gasteiger partial charge is 0.309 e. The van der Waals surface area contributed by atoms with Gasteiger partial charge in [0, 0.05) is 18.0 Å². The third kappa shape index (κ3) is 4.89. The largest absolute Gasteiger partial charge is 0.469 e. The van der Waals surface area contributed by atoms with Crippen LogP contribution in [0.5, 0.6) is 0 Å². The first kappa shape index (κ1) is 19.0. The lowest BCUT2D eigenvalue weighted by molar-refractivity contribution is -0.139. The van der Waals surface area contributed by atoms with Gasteiger partial charge >= 0.3 is 5.97 Å². The lowest BCUT2D eigenvalue weighted by Gasteiger charge is -2.04. The van der Waals surface area contributed by atoms with Gasteiger partial charge in [0.25, 0.3) is 0 Å². The molecule has 2 heterocycles. The van der Waals surface area contributed by atoms with Gasteiger partial charge in [0.05, 0.1) is 29.8 Å². The van der Waals surface area contributed by atoms with Gasteiger partial charge in [-0.05, 0) is 24.6 Å². The number of methoxy groups -OCH3 is 1. The van der Waals surface area contributed by atoms with Gasteiger partial charge in [-0.25, -0.2) is 9.97 Å². The van der Waals surface area contributed by atoms with Crippen LogP contribution in [0.2, 0.25) is 0 Å². The number of amides is 1. The standard InChI is InChI=1S/C18H18N4O3S2/c1-10-16(27-18(19-10)20-11(2)23)14-9-26-17(22-14)21-13-6-4-12(5-7-13)8-15(24)25-3/h4-7,9H,8H2,1-3H3,(H,21,22)(H,19,20,23). The van der Waals surface area contributed by atoms with E-state index in [0.29, 0.717) is 5.13 Å². The first-order valence-corrected chi connectivity index (χ1v) is 9.78. The number of nitrogens with one attached hydrogen (secondary N) is 2. The van der Waals surface area contributed by atoms with E-state index in [-0.39, 0.29) is 18.3 Å². The predicted octanol–water partition coefficient (Wildman–Crippen LogP) is 3.99. The highest BCUT2D eigenvalue weighted by Crippen LogP contribution is 2.35. The molecule has 0 spiro atoms. The van der Waals surface area contributed by atoms with E-state index in [2.05, 4.69) is 25.3 Å². The summed E-state index contributed by atoms with van der Waals surface area (Å²) in [5, 5.41) is 9.22. The van der Waals surface area contributed by atoms with Crippen LogP contribution in [0.3, 0.4) is 0 Å². The van der Waals surface area contributed by atoms with Gasteiger partial charge in [-0.3, -0.25) is 9.59 Å². The van der Waals surface area contributed by atoms with Gasteiger partial charge in [-0.2, -0.15) is 0 Å². The summed E-state index contributed by atoms with van der Waals surface area (Å²) < 4.78 is 4.67. The molecule has 7 nitrogen and oxygen atoms in total. The van der Waals surface area contributed by atoms with Crippen LogP contribution < -0.4 is 10.6 Å². The Morgan fingerprint density at radius 3 is 2.56 bits per heavy atom. The molecule has 1 amide bonds. The molecule has 0 unspecified atom stereocenters. The van der Waals surface area contributed by atoms with E-state index in [9.17, 15) is 9.59 Å². The number of aryl methyl sites for hydroxylation is 1. The molecule has 0 saturated heterocycles. The topological polar surface area (TPSA) is 93.2 Å². The Bertz CT molecular complexity index is 963. The lowest BCUT2D eigenvalue weighted by Crippen LogP contribution is -2.04. The summed E-state index contributed by atoms with van der Waals surface area (Å²) in [5.41, 5.74) is 3.41. The molecule has 0 bridgehead atoms. The monoisotopic (exact) mass is 402 g/mol. The SMILES string of the molecule is COC(=O)Cc1ccc(Nc2nc(-c3sc(NC(C)=O)nc3C)cs2)cc1. The molecule has 27 heavy (non-hydrogen) atoms. The van der Waals surface area contributed by atoms with Crippen LogP contribution in [-0.4, -0.2) is 29.0 Å². The van der Waals surface area contributed by atoms with Gasteiger partial charge in [-0.15, -0.1) is 11.3 Å². The van der Waals surface area contributed by atoms with Gasteiger partial charge < -0.3 is 15.4 Å². The number of nitrogens with zero attached hydrogens (tertiary/aromatic N) is 2. The maximum absolute atomic E-state index is 11.3. The summed E-state index contributed by atoms with van der Waals surface area (Å²) in [4.78, 5) is 32.4. The van der Waals surface area contributed by atoms with Crippen molar-refractivity contribution in [2.75, 3.05) is 17.7 Å². The summed E-state index contributed by atoms with van der Waals surface area (Å²) in [6, 6.07) is 7.54. The molecule has 9 heteroatoms. The van der Waals surface area contributed by atoms with Crippen molar-refractivity contribution in [2.45, 2.75) is 20.3 Å². The van der Waals surface area contributed by atoms with Crippen molar-refractivity contribution in [1.29, 1.82) is 0 Å². The summed E-state index contributed by atoms with van der Waals surface area (Å²) in [6.07, 6.45) is 0.249. The van der Waals surface area contributed by atoms with E-state index in [4.69, 9.17) is 0 Å². The maximum atomic E-state index is 11.3. The number of thiazole rings is 2. The molecule has 0 aliphatic heterocycles. The van der Waals surface area contributed by atoms with Gasteiger partial charge in [0.2, 0.25) is 5.91 Å². The van der Waals surface area contributed by atoms with Crippen LogP contribution in [0.4, 0.5) is 16.0 Å². The van der Waals surface area contributed by atoms with Crippen molar-refractivity contribution >= 4 is 50.5 Å². The fourth-order valence-corrected chi connectivity index (χ4v) is 4.11. The minimum absolute atomic E-state index is 0.147. The van der Waals surface area contributed by atoms with Crippen molar-refractivity contribution in [3.8, 4) is 10.6 Å². The quantitative estimate of drug-likeness (QED) is 0.606. The highest BCUT2D eigenvalue weighted by Gasteiger charge is 2.14. The van der Waals surface area contributed by atoms with Gasteiger partial charge in [-0.1, -0.05) is 23.5 Å². The van der Waals surface area contributed by atoms with E-state index in [1.165, 1.54) is 36.7 Å². The van der Waals surface area contributed by atoms with Crippen LogP contribution >= 0.6 is 22.7 Å². The van der Waals surface area contributed by atoms with Crippen LogP contribution in [0.1, 0.15) is 18.2 Å². The Balaban J connectivity index is 1.70. The van der Waals surface area contributed by atoms with Crippen molar-refractivity contribution in [1.82, 2.24) is 9.97 Å². The van der Waals surface area contributed by atoms with Crippen LogP contribution in [-0.2, 0) is 20.7 Å². The number of aromatic nitrogens is 2. The summed E-state index contributed by atoms with van der Waals surface area (Å²) in [5.74, 6) is -0.412. The maximum Gasteiger partial charge on any atom is 0.309 e. The normalized spacial score (nSPS) is 10.5. The molecule has 1 aromatic carbocycles. The Morgan fingerprint density at radius 1 is 1.15 bits per heavy atom. The zero-order valence-electron chi connectivity index (χ0n) is 15.0.